The van der Waals surface area contributed by atoms with Crippen LogP contribution in [0.15, 0.2) is 37.4 Å². The van der Waals surface area contributed by atoms with Crippen LogP contribution in [-0.4, -0.2) is 59.8 Å². The number of nitrogens with zero attached hydrogens (tertiary/aromatic N) is 8. The standard InChI is InChI=1S/C16H19N9O/c1-12-18-2-4-23(12)5-3-19-16(26)13-7-24(8-13)14-6-15(21-10-20-14)25-11-17-9-22-25/h2,4,6,9-11,13H,3,5,7-8H2,1H3,(H,19,26). The molecule has 26 heavy (non-hydrogen) atoms. The van der Waals surface area contributed by atoms with E-state index in [1.165, 1.54) is 12.7 Å². The summed E-state index contributed by atoms with van der Waals surface area (Å²) in [6, 6.07) is 1.84. The lowest BCUT2D eigenvalue weighted by molar-refractivity contribution is -0.125. The first-order valence-electron chi connectivity index (χ1n) is 8.38. The summed E-state index contributed by atoms with van der Waals surface area (Å²) in [7, 11) is 0. The molecule has 0 aromatic carbocycles. The third kappa shape index (κ3) is 3.25. The number of carbonyl (C=O) groups is 1. The van der Waals surface area contributed by atoms with Crippen LogP contribution in [0.5, 0.6) is 0 Å². The van der Waals surface area contributed by atoms with Gasteiger partial charge in [-0.3, -0.25) is 4.79 Å². The SMILES string of the molecule is Cc1nccn1CCNC(=O)C1CN(c2cc(-n3cncn3)ncn2)C1. The zero-order valence-corrected chi connectivity index (χ0v) is 14.4. The molecular formula is C16H19N9O. The summed E-state index contributed by atoms with van der Waals surface area (Å²) in [4.78, 5) is 30.8. The van der Waals surface area contributed by atoms with E-state index in [0.717, 1.165) is 18.2 Å². The minimum atomic E-state index is -0.0244. The molecular weight excluding hydrogens is 334 g/mol. The average molecular weight is 353 g/mol. The molecule has 1 fully saturated rings. The maximum atomic E-state index is 12.3. The summed E-state index contributed by atoms with van der Waals surface area (Å²) >= 11 is 0. The van der Waals surface area contributed by atoms with Crippen molar-refractivity contribution in [2.75, 3.05) is 24.5 Å². The van der Waals surface area contributed by atoms with Crippen LogP contribution in [0.1, 0.15) is 5.82 Å². The van der Waals surface area contributed by atoms with E-state index in [-0.39, 0.29) is 11.8 Å². The van der Waals surface area contributed by atoms with Crippen LogP contribution in [0.2, 0.25) is 0 Å². The number of nitrogens with one attached hydrogen (secondary N) is 1. The highest BCUT2D eigenvalue weighted by Crippen LogP contribution is 2.23. The quantitative estimate of drug-likeness (QED) is 0.655. The summed E-state index contributed by atoms with van der Waals surface area (Å²) in [5.41, 5.74) is 0. The molecule has 134 valence electrons. The topological polar surface area (TPSA) is 107 Å². The van der Waals surface area contributed by atoms with Crippen molar-refractivity contribution in [1.29, 1.82) is 0 Å². The lowest BCUT2D eigenvalue weighted by Crippen LogP contribution is -2.54. The number of aromatic nitrogens is 7. The summed E-state index contributed by atoms with van der Waals surface area (Å²) in [6.45, 7) is 4.55. The molecule has 1 amide bonds. The van der Waals surface area contributed by atoms with Gasteiger partial charge in [-0.2, -0.15) is 5.10 Å². The smallest absolute Gasteiger partial charge is 0.226 e. The fourth-order valence-electron chi connectivity index (χ4n) is 2.88. The Kier molecular flexibility index (Phi) is 4.30. The maximum absolute atomic E-state index is 12.3. The van der Waals surface area contributed by atoms with Gasteiger partial charge in [0.2, 0.25) is 5.91 Å². The fourth-order valence-corrected chi connectivity index (χ4v) is 2.88. The van der Waals surface area contributed by atoms with Gasteiger partial charge in [0, 0.05) is 44.6 Å². The van der Waals surface area contributed by atoms with Crippen LogP contribution >= 0.6 is 0 Å². The van der Waals surface area contributed by atoms with Gasteiger partial charge in [-0.05, 0) is 6.92 Å². The highest BCUT2D eigenvalue weighted by atomic mass is 16.2. The highest BCUT2D eigenvalue weighted by Gasteiger charge is 2.33. The molecule has 0 atom stereocenters. The van der Waals surface area contributed by atoms with Crippen LogP contribution in [0, 0.1) is 12.8 Å². The Morgan fingerprint density at radius 1 is 1.23 bits per heavy atom. The molecule has 10 heteroatoms. The van der Waals surface area contributed by atoms with E-state index < -0.39 is 0 Å². The first kappa shape index (κ1) is 16.2. The summed E-state index contributed by atoms with van der Waals surface area (Å²) < 4.78 is 3.59. The second kappa shape index (κ2) is 6.90. The predicted octanol–water partition coefficient (Wildman–Crippen LogP) is -0.185. The number of rotatable bonds is 6. The summed E-state index contributed by atoms with van der Waals surface area (Å²) in [6.07, 6.45) is 8.20. The van der Waals surface area contributed by atoms with Gasteiger partial charge in [0.15, 0.2) is 5.82 Å². The molecule has 0 aliphatic carbocycles. The van der Waals surface area contributed by atoms with Crippen molar-refractivity contribution in [2.24, 2.45) is 5.92 Å². The summed E-state index contributed by atoms with van der Waals surface area (Å²) in [5.74, 6) is 2.42. The largest absolute Gasteiger partial charge is 0.355 e. The molecule has 1 N–H and O–H groups in total. The van der Waals surface area contributed by atoms with Gasteiger partial charge < -0.3 is 14.8 Å². The zero-order valence-electron chi connectivity index (χ0n) is 14.4. The first-order chi connectivity index (χ1) is 12.7. The molecule has 0 bridgehead atoms. The number of hydrogen-bond donors (Lipinski definition) is 1. The maximum Gasteiger partial charge on any atom is 0.226 e. The minimum Gasteiger partial charge on any atom is -0.355 e. The van der Waals surface area contributed by atoms with Crippen LogP contribution < -0.4 is 10.2 Å². The van der Waals surface area contributed by atoms with Gasteiger partial charge in [0.25, 0.3) is 0 Å². The lowest BCUT2D eigenvalue weighted by atomic mass is 9.99. The van der Waals surface area contributed by atoms with Crippen molar-refractivity contribution in [1.82, 2.24) is 39.6 Å². The van der Waals surface area contributed by atoms with Crippen molar-refractivity contribution in [3.8, 4) is 5.82 Å². The molecule has 0 saturated carbocycles. The number of hydrogen-bond acceptors (Lipinski definition) is 7. The number of amides is 1. The Labute approximate surface area is 149 Å². The monoisotopic (exact) mass is 353 g/mol. The van der Waals surface area contributed by atoms with Gasteiger partial charge in [-0.15, -0.1) is 0 Å². The fraction of sp³-hybridized carbons (Fsp3) is 0.375. The number of aryl methyl sites for hydroxylation is 1. The molecule has 3 aromatic rings. The van der Waals surface area contributed by atoms with E-state index in [0.29, 0.717) is 25.5 Å². The summed E-state index contributed by atoms with van der Waals surface area (Å²) in [5, 5.41) is 7.05. The van der Waals surface area contributed by atoms with E-state index in [4.69, 9.17) is 0 Å². The van der Waals surface area contributed by atoms with Crippen molar-refractivity contribution in [3.05, 3.63) is 43.3 Å². The minimum absolute atomic E-state index is 0.0244. The van der Waals surface area contributed by atoms with Crippen LogP contribution in [0.3, 0.4) is 0 Å². The van der Waals surface area contributed by atoms with Crippen LogP contribution in [0.4, 0.5) is 5.82 Å². The van der Waals surface area contributed by atoms with Crippen molar-refractivity contribution in [2.45, 2.75) is 13.5 Å². The van der Waals surface area contributed by atoms with E-state index in [1.54, 1.807) is 17.2 Å². The second-order valence-electron chi connectivity index (χ2n) is 6.14. The van der Waals surface area contributed by atoms with Gasteiger partial charge in [0.1, 0.15) is 30.6 Å². The number of carbonyl (C=O) groups excluding carboxylic acids is 1. The van der Waals surface area contributed by atoms with Gasteiger partial charge in [0.05, 0.1) is 5.92 Å². The Balaban J connectivity index is 1.28. The highest BCUT2D eigenvalue weighted by molar-refractivity contribution is 5.81. The molecule has 0 radical (unpaired) electrons. The molecule has 4 rings (SSSR count). The average Bonchev–Trinajstić information content (AvgIpc) is 3.26. The number of imidazole rings is 1. The Morgan fingerprint density at radius 2 is 2.08 bits per heavy atom. The molecule has 1 saturated heterocycles. The molecule has 0 unspecified atom stereocenters. The van der Waals surface area contributed by atoms with E-state index in [9.17, 15) is 4.79 Å². The lowest BCUT2D eigenvalue weighted by Gasteiger charge is -2.39. The Hall–Kier alpha value is -3.30. The Bertz CT molecular complexity index is 883. The van der Waals surface area contributed by atoms with Crippen molar-refractivity contribution in [3.63, 3.8) is 0 Å². The molecule has 0 spiro atoms. The van der Waals surface area contributed by atoms with Crippen molar-refractivity contribution >= 4 is 11.7 Å². The van der Waals surface area contributed by atoms with Crippen molar-refractivity contribution < 1.29 is 4.79 Å². The predicted molar refractivity (Wildman–Crippen MR) is 92.6 cm³/mol. The van der Waals surface area contributed by atoms with Gasteiger partial charge >= 0.3 is 0 Å². The van der Waals surface area contributed by atoms with E-state index in [1.807, 2.05) is 28.7 Å². The van der Waals surface area contributed by atoms with Gasteiger partial charge in [-0.25, -0.2) is 24.6 Å². The molecule has 1 aliphatic heterocycles. The molecule has 10 nitrogen and oxygen atoms in total. The van der Waals surface area contributed by atoms with Crippen LogP contribution in [-0.2, 0) is 11.3 Å². The third-order valence-corrected chi connectivity index (χ3v) is 4.44. The van der Waals surface area contributed by atoms with E-state index >= 15 is 0 Å². The van der Waals surface area contributed by atoms with Crippen LogP contribution in [0.25, 0.3) is 5.82 Å². The third-order valence-electron chi connectivity index (χ3n) is 4.44. The molecule has 4 heterocycles. The second-order valence-corrected chi connectivity index (χ2v) is 6.14. The first-order valence-corrected chi connectivity index (χ1v) is 8.38. The number of anilines is 1. The van der Waals surface area contributed by atoms with Gasteiger partial charge in [-0.1, -0.05) is 0 Å². The zero-order chi connectivity index (χ0) is 17.9. The molecule has 1 aliphatic rings. The molecule has 3 aromatic heterocycles. The normalized spacial score (nSPS) is 14.3. The van der Waals surface area contributed by atoms with E-state index in [2.05, 4.69) is 30.4 Å². The Morgan fingerprint density at radius 3 is 2.81 bits per heavy atom.